The van der Waals surface area contributed by atoms with Crippen LogP contribution in [-0.4, -0.2) is 5.78 Å². The Morgan fingerprint density at radius 1 is 0.457 bits per heavy atom. The Morgan fingerprint density at radius 3 is 1.20 bits per heavy atom. The maximum Gasteiger partial charge on any atom is 0.169 e. The van der Waals surface area contributed by atoms with Gasteiger partial charge < -0.3 is 0 Å². The van der Waals surface area contributed by atoms with Gasteiger partial charge in [0.2, 0.25) is 0 Å². The number of Topliss-reactive ketones (excluding diaryl/α,β-unsaturated/α-hetero) is 1. The zero-order valence-electron chi connectivity index (χ0n) is 19.8. The molecule has 0 saturated heterocycles. The van der Waals surface area contributed by atoms with Gasteiger partial charge in [0.1, 0.15) is 0 Å². The molecule has 4 saturated carbocycles. The molecular weight excluding hydrogens is 424 g/mol. The summed E-state index contributed by atoms with van der Waals surface area (Å²) in [5.41, 5.74) is 4.98. The Bertz CT molecular complexity index is 1330. The number of carbonyl (C=O) groups is 1. The highest BCUT2D eigenvalue weighted by Crippen LogP contribution is 3.05. The molecule has 4 aromatic carbocycles. The Kier molecular flexibility index (Phi) is 3.51. The van der Waals surface area contributed by atoms with Crippen molar-refractivity contribution in [1.29, 1.82) is 0 Å². The predicted molar refractivity (Wildman–Crippen MR) is 138 cm³/mol. The third-order valence-electron chi connectivity index (χ3n) is 10.7. The maximum atomic E-state index is 14.5. The molecule has 1 spiro atoms. The molecule has 0 amide bonds. The van der Waals surface area contributed by atoms with Crippen molar-refractivity contribution < 1.29 is 4.79 Å². The van der Waals surface area contributed by atoms with Gasteiger partial charge in [-0.25, -0.2) is 0 Å². The molecule has 1 nitrogen and oxygen atoms in total. The Labute approximate surface area is 206 Å². The molecule has 0 heterocycles. The first-order chi connectivity index (χ1) is 17.2. The summed E-state index contributed by atoms with van der Waals surface area (Å²) < 4.78 is 0. The Balaban J connectivity index is 1.40. The molecule has 2 unspecified atom stereocenters. The van der Waals surface area contributed by atoms with Crippen molar-refractivity contribution in [1.82, 2.24) is 0 Å². The Hall–Kier alpha value is -3.45. The van der Waals surface area contributed by atoms with E-state index in [9.17, 15) is 4.79 Å². The van der Waals surface area contributed by atoms with Gasteiger partial charge in [-0.2, -0.15) is 0 Å². The molecule has 4 aliphatic carbocycles. The quantitative estimate of drug-likeness (QED) is 0.291. The standard InChI is InChI=1S/C34H28O/c35-29(25-13-5-1-6-14-25)33-23-31(27-17-9-3-10-18-27)21-30(26-15-7-2-8-16-26)22-32(24-33,34(30,31)33)28-19-11-4-12-20-28/h1-20H,21-24H2. The highest BCUT2D eigenvalue weighted by atomic mass is 16.1. The molecule has 1 heteroatoms. The molecule has 4 aliphatic rings. The third kappa shape index (κ3) is 1.83. The van der Waals surface area contributed by atoms with Crippen molar-refractivity contribution in [3.8, 4) is 0 Å². The fourth-order valence-corrected chi connectivity index (χ4v) is 10.4. The SMILES string of the molecule is O=C(c1ccccc1)C12CC3(c4ccccc4)CC4(c5ccccc5)CC(c5ccccc5)(C1)C234. The molecule has 4 fully saturated rings. The summed E-state index contributed by atoms with van der Waals surface area (Å²) in [7, 11) is 0. The second-order valence-corrected chi connectivity index (χ2v) is 11.6. The summed E-state index contributed by atoms with van der Waals surface area (Å²) >= 11 is 0. The van der Waals surface area contributed by atoms with Gasteiger partial charge in [-0.05, 0) is 42.4 Å². The van der Waals surface area contributed by atoms with Crippen LogP contribution in [0.3, 0.4) is 0 Å². The first-order valence-electron chi connectivity index (χ1n) is 12.9. The summed E-state index contributed by atoms with van der Waals surface area (Å²) in [5.74, 6) is 0.371. The summed E-state index contributed by atoms with van der Waals surface area (Å²) in [6, 6.07) is 43.5. The lowest BCUT2D eigenvalue weighted by Gasteiger charge is -3.03. The highest BCUT2D eigenvalue weighted by molar-refractivity contribution is 6.06. The number of benzene rings is 4. The first-order valence-corrected chi connectivity index (χ1v) is 12.9. The van der Waals surface area contributed by atoms with Crippen molar-refractivity contribution in [2.45, 2.75) is 41.9 Å². The second kappa shape index (κ2) is 6.21. The molecule has 0 N–H and O–H groups in total. The number of hydrogen-bond donors (Lipinski definition) is 0. The molecular formula is C34H28O. The number of ketones is 1. The fourth-order valence-electron chi connectivity index (χ4n) is 10.4. The molecule has 2 atom stereocenters. The molecule has 0 bridgehead atoms. The molecule has 170 valence electrons. The van der Waals surface area contributed by atoms with E-state index in [1.807, 2.05) is 30.3 Å². The van der Waals surface area contributed by atoms with Gasteiger partial charge >= 0.3 is 0 Å². The van der Waals surface area contributed by atoms with E-state index >= 15 is 0 Å². The average molecular weight is 453 g/mol. The van der Waals surface area contributed by atoms with Crippen LogP contribution in [0, 0.1) is 10.8 Å². The molecule has 35 heavy (non-hydrogen) atoms. The summed E-state index contributed by atoms with van der Waals surface area (Å²) in [5, 5.41) is 0. The molecule has 8 rings (SSSR count). The van der Waals surface area contributed by atoms with E-state index in [-0.39, 0.29) is 27.1 Å². The van der Waals surface area contributed by atoms with Crippen LogP contribution in [-0.2, 0) is 16.2 Å². The minimum absolute atomic E-state index is 0.0564. The topological polar surface area (TPSA) is 17.1 Å². The van der Waals surface area contributed by atoms with Gasteiger partial charge in [0.25, 0.3) is 0 Å². The Morgan fingerprint density at radius 2 is 0.800 bits per heavy atom. The van der Waals surface area contributed by atoms with E-state index in [1.165, 1.54) is 16.7 Å². The van der Waals surface area contributed by atoms with Crippen molar-refractivity contribution in [3.63, 3.8) is 0 Å². The number of hydrogen-bond acceptors (Lipinski definition) is 1. The zero-order valence-corrected chi connectivity index (χ0v) is 19.8. The van der Waals surface area contributed by atoms with Gasteiger partial charge in [-0.1, -0.05) is 121 Å². The van der Waals surface area contributed by atoms with Gasteiger partial charge in [0, 0.05) is 32.6 Å². The van der Waals surface area contributed by atoms with Crippen LogP contribution in [0.25, 0.3) is 0 Å². The lowest BCUT2D eigenvalue weighted by molar-refractivity contribution is -0.457. The lowest BCUT2D eigenvalue weighted by Crippen LogP contribution is -3.03. The number of carbonyl (C=O) groups excluding carboxylic acids is 1. The van der Waals surface area contributed by atoms with Gasteiger partial charge in [-0.3, -0.25) is 4.79 Å². The van der Waals surface area contributed by atoms with E-state index in [0.29, 0.717) is 5.78 Å². The van der Waals surface area contributed by atoms with E-state index in [0.717, 1.165) is 31.2 Å². The van der Waals surface area contributed by atoms with Gasteiger partial charge in [0.15, 0.2) is 5.78 Å². The third-order valence-corrected chi connectivity index (χ3v) is 10.7. The van der Waals surface area contributed by atoms with E-state index in [1.54, 1.807) is 0 Å². The van der Waals surface area contributed by atoms with Crippen molar-refractivity contribution in [2.24, 2.45) is 10.8 Å². The second-order valence-electron chi connectivity index (χ2n) is 11.6. The van der Waals surface area contributed by atoms with Crippen molar-refractivity contribution >= 4 is 5.78 Å². The smallest absolute Gasteiger partial charge is 0.169 e. The number of rotatable bonds is 5. The monoisotopic (exact) mass is 452 g/mol. The van der Waals surface area contributed by atoms with Crippen LogP contribution in [0.15, 0.2) is 121 Å². The van der Waals surface area contributed by atoms with Crippen LogP contribution in [0.5, 0.6) is 0 Å². The molecule has 0 radical (unpaired) electrons. The minimum atomic E-state index is -0.299. The van der Waals surface area contributed by atoms with Gasteiger partial charge in [0.05, 0.1) is 0 Å². The van der Waals surface area contributed by atoms with Crippen LogP contribution in [0.2, 0.25) is 0 Å². The van der Waals surface area contributed by atoms with Crippen molar-refractivity contribution in [2.75, 3.05) is 0 Å². The largest absolute Gasteiger partial charge is 0.294 e. The fraction of sp³-hybridized carbons (Fsp3) is 0.265. The van der Waals surface area contributed by atoms with E-state index in [2.05, 4.69) is 91.0 Å². The van der Waals surface area contributed by atoms with E-state index in [4.69, 9.17) is 0 Å². The lowest BCUT2D eigenvalue weighted by atomic mass is 8.98. The van der Waals surface area contributed by atoms with Gasteiger partial charge in [-0.15, -0.1) is 0 Å². The maximum absolute atomic E-state index is 14.5. The van der Waals surface area contributed by atoms with E-state index < -0.39 is 0 Å². The molecule has 0 aromatic heterocycles. The summed E-state index contributed by atoms with van der Waals surface area (Å²) in [4.78, 5) is 14.5. The van der Waals surface area contributed by atoms with Crippen LogP contribution < -0.4 is 0 Å². The summed E-state index contributed by atoms with van der Waals surface area (Å²) in [6.45, 7) is 0. The minimum Gasteiger partial charge on any atom is -0.294 e. The summed E-state index contributed by atoms with van der Waals surface area (Å²) in [6.07, 6.45) is 4.24. The molecule has 0 aliphatic heterocycles. The van der Waals surface area contributed by atoms with Crippen LogP contribution in [0.4, 0.5) is 0 Å². The van der Waals surface area contributed by atoms with Crippen LogP contribution >= 0.6 is 0 Å². The zero-order chi connectivity index (χ0) is 23.4. The normalized spacial score (nSPS) is 37.4. The average Bonchev–Trinajstić information content (AvgIpc) is 2.89. The van der Waals surface area contributed by atoms with Crippen LogP contribution in [0.1, 0.15) is 52.7 Å². The predicted octanol–water partition coefficient (Wildman–Crippen LogP) is 7.27. The van der Waals surface area contributed by atoms with Crippen molar-refractivity contribution in [3.05, 3.63) is 144 Å². The molecule has 4 aromatic rings. The highest BCUT2D eigenvalue weighted by Gasteiger charge is 3.05. The first kappa shape index (κ1) is 19.8.